The lowest BCUT2D eigenvalue weighted by Crippen LogP contribution is -2.46. The van der Waals surface area contributed by atoms with Crippen LogP contribution >= 0.6 is 0 Å². The van der Waals surface area contributed by atoms with Crippen LogP contribution in [0.25, 0.3) is 0 Å². The Balaban J connectivity index is 1.37. The summed E-state index contributed by atoms with van der Waals surface area (Å²) in [4.78, 5) is 0. The smallest absolute Gasteiger partial charge is 0.220 e. The van der Waals surface area contributed by atoms with E-state index in [1.807, 2.05) is 60.7 Å². The van der Waals surface area contributed by atoms with Gasteiger partial charge in [-0.1, -0.05) is 18.2 Å². The van der Waals surface area contributed by atoms with E-state index < -0.39 is 12.6 Å². The lowest BCUT2D eigenvalue weighted by molar-refractivity contribution is -0.275. The summed E-state index contributed by atoms with van der Waals surface area (Å²) in [6, 6.07) is 15.0. The number of hydrogen-bond acceptors (Lipinski definition) is 6. The molecule has 0 bridgehead atoms. The fourth-order valence-corrected chi connectivity index (χ4v) is 3.04. The zero-order chi connectivity index (χ0) is 18.6. The van der Waals surface area contributed by atoms with Crippen LogP contribution in [-0.4, -0.2) is 39.3 Å². The highest BCUT2D eigenvalue weighted by Crippen LogP contribution is 2.32. The van der Waals surface area contributed by atoms with Gasteiger partial charge in [-0.05, 0) is 42.5 Å². The van der Waals surface area contributed by atoms with E-state index in [-0.39, 0.29) is 12.2 Å². The molecule has 27 heavy (non-hydrogen) atoms. The number of ether oxygens (including phenoxy) is 6. The van der Waals surface area contributed by atoms with Crippen LogP contribution in [-0.2, 0) is 14.2 Å². The molecule has 4 rings (SSSR count). The third-order valence-corrected chi connectivity index (χ3v) is 4.53. The molecule has 0 aromatic heterocycles. The van der Waals surface area contributed by atoms with E-state index in [0.29, 0.717) is 12.4 Å². The van der Waals surface area contributed by atoms with Crippen molar-refractivity contribution in [3.63, 3.8) is 0 Å². The first-order chi connectivity index (χ1) is 13.2. The van der Waals surface area contributed by atoms with Gasteiger partial charge >= 0.3 is 0 Å². The van der Waals surface area contributed by atoms with Crippen LogP contribution in [0.3, 0.4) is 0 Å². The van der Waals surface area contributed by atoms with Crippen LogP contribution in [0.5, 0.6) is 17.2 Å². The number of hydrogen-bond donors (Lipinski definition) is 0. The second-order valence-corrected chi connectivity index (χ2v) is 6.26. The topological polar surface area (TPSA) is 55.4 Å². The Labute approximate surface area is 158 Å². The molecular formula is C21H22O6. The van der Waals surface area contributed by atoms with Crippen molar-refractivity contribution in [1.82, 2.24) is 0 Å². The van der Waals surface area contributed by atoms with Crippen molar-refractivity contribution < 1.29 is 28.4 Å². The average Bonchev–Trinajstić information content (AvgIpc) is 2.74. The molecule has 4 unspecified atom stereocenters. The molecule has 2 aliphatic heterocycles. The molecule has 1 fully saturated rings. The van der Waals surface area contributed by atoms with Crippen LogP contribution in [0, 0.1) is 0 Å². The zero-order valence-electron chi connectivity index (χ0n) is 15.2. The number of rotatable bonds is 5. The molecule has 2 aromatic carbocycles. The molecule has 0 aliphatic carbocycles. The highest BCUT2D eigenvalue weighted by Gasteiger charge is 2.36. The van der Waals surface area contributed by atoms with Gasteiger partial charge in [0, 0.05) is 5.56 Å². The summed E-state index contributed by atoms with van der Waals surface area (Å²) in [5.74, 6) is 2.28. The first-order valence-corrected chi connectivity index (χ1v) is 8.80. The molecule has 4 atom stereocenters. The Morgan fingerprint density at radius 1 is 0.778 bits per heavy atom. The lowest BCUT2D eigenvalue weighted by Gasteiger charge is -2.38. The summed E-state index contributed by atoms with van der Waals surface area (Å²) in [6.45, 7) is 0.425. The van der Waals surface area contributed by atoms with Gasteiger partial charge in [0.05, 0.1) is 20.8 Å². The first-order valence-electron chi connectivity index (χ1n) is 8.80. The van der Waals surface area contributed by atoms with Gasteiger partial charge in [-0.3, -0.25) is 0 Å². The van der Waals surface area contributed by atoms with Gasteiger partial charge in [0.1, 0.15) is 29.5 Å². The summed E-state index contributed by atoms with van der Waals surface area (Å²) >= 11 is 0. The van der Waals surface area contributed by atoms with Gasteiger partial charge in [-0.2, -0.15) is 0 Å². The largest absolute Gasteiger partial charge is 0.497 e. The third kappa shape index (κ3) is 4.08. The molecule has 0 N–H and O–H groups in total. The number of methoxy groups -OCH3 is 2. The Morgan fingerprint density at radius 3 is 2.07 bits per heavy atom. The molecular weight excluding hydrogens is 348 g/mol. The summed E-state index contributed by atoms with van der Waals surface area (Å²) in [6.07, 6.45) is 2.53. The van der Waals surface area contributed by atoms with E-state index in [0.717, 1.165) is 17.1 Å². The second-order valence-electron chi connectivity index (χ2n) is 6.26. The normalized spacial score (nSPS) is 26.9. The van der Waals surface area contributed by atoms with Crippen LogP contribution < -0.4 is 14.2 Å². The maximum absolute atomic E-state index is 6.03. The van der Waals surface area contributed by atoms with Crippen molar-refractivity contribution in [3.05, 3.63) is 66.2 Å². The van der Waals surface area contributed by atoms with E-state index in [9.17, 15) is 0 Å². The Morgan fingerprint density at radius 2 is 1.41 bits per heavy atom. The summed E-state index contributed by atoms with van der Waals surface area (Å²) in [7, 11) is 3.27. The standard InChI is InChI=1S/C21H22O6/c1-22-15-5-3-14(4-6-15)21-24-13-19-18(27-21)11-12-20(26-19)25-17-9-7-16(23-2)8-10-17/h3-12,18-21H,13H2,1-2H3. The highest BCUT2D eigenvalue weighted by atomic mass is 16.7. The quantitative estimate of drug-likeness (QED) is 0.751. The zero-order valence-corrected chi connectivity index (χ0v) is 15.2. The Hall–Kier alpha value is -2.54. The SMILES string of the molecule is COc1ccc(OC2C=CC3OC(c4ccc(OC)cc4)OCC3O2)cc1. The maximum Gasteiger partial charge on any atom is 0.220 e. The first kappa shape index (κ1) is 17.9. The van der Waals surface area contributed by atoms with Gasteiger partial charge in [0.15, 0.2) is 6.29 Å². The molecule has 6 heteroatoms. The number of benzene rings is 2. The molecule has 142 valence electrons. The van der Waals surface area contributed by atoms with Crippen LogP contribution in [0.1, 0.15) is 11.9 Å². The molecule has 0 amide bonds. The van der Waals surface area contributed by atoms with Gasteiger partial charge in [0.2, 0.25) is 6.29 Å². The Bertz CT molecular complexity index is 770. The molecule has 2 aliphatic rings. The molecule has 1 saturated heterocycles. The average molecular weight is 370 g/mol. The van der Waals surface area contributed by atoms with Gasteiger partial charge in [0.25, 0.3) is 0 Å². The van der Waals surface area contributed by atoms with Crippen molar-refractivity contribution >= 4 is 0 Å². The fourth-order valence-electron chi connectivity index (χ4n) is 3.04. The minimum Gasteiger partial charge on any atom is -0.497 e. The number of fused-ring (bicyclic) bond motifs is 1. The van der Waals surface area contributed by atoms with E-state index in [1.165, 1.54) is 0 Å². The van der Waals surface area contributed by atoms with Gasteiger partial charge in [-0.15, -0.1) is 0 Å². The van der Waals surface area contributed by atoms with Crippen molar-refractivity contribution in [2.75, 3.05) is 20.8 Å². The minimum atomic E-state index is -0.482. The highest BCUT2D eigenvalue weighted by molar-refractivity contribution is 5.31. The maximum atomic E-state index is 6.03. The van der Waals surface area contributed by atoms with E-state index in [4.69, 9.17) is 28.4 Å². The van der Waals surface area contributed by atoms with E-state index in [1.54, 1.807) is 14.2 Å². The summed E-state index contributed by atoms with van der Waals surface area (Å²) in [5, 5.41) is 0. The summed E-state index contributed by atoms with van der Waals surface area (Å²) < 4.78 is 34.0. The van der Waals surface area contributed by atoms with Gasteiger partial charge in [-0.25, -0.2) is 0 Å². The van der Waals surface area contributed by atoms with Crippen LogP contribution in [0.4, 0.5) is 0 Å². The molecule has 2 heterocycles. The fraction of sp³-hybridized carbons (Fsp3) is 0.333. The van der Waals surface area contributed by atoms with Crippen molar-refractivity contribution in [2.45, 2.75) is 24.8 Å². The van der Waals surface area contributed by atoms with Gasteiger partial charge < -0.3 is 28.4 Å². The van der Waals surface area contributed by atoms with Crippen LogP contribution in [0.2, 0.25) is 0 Å². The second kappa shape index (κ2) is 8.00. The Kier molecular flexibility index (Phi) is 5.29. The van der Waals surface area contributed by atoms with Crippen molar-refractivity contribution in [3.8, 4) is 17.2 Å². The van der Waals surface area contributed by atoms with Crippen molar-refractivity contribution in [2.24, 2.45) is 0 Å². The predicted octanol–water partition coefficient (Wildman–Crippen LogP) is 3.48. The molecule has 6 nitrogen and oxygen atoms in total. The summed E-state index contributed by atoms with van der Waals surface area (Å²) in [5.41, 5.74) is 0.944. The minimum absolute atomic E-state index is 0.179. The van der Waals surface area contributed by atoms with E-state index in [2.05, 4.69) is 0 Å². The third-order valence-electron chi connectivity index (χ3n) is 4.53. The molecule has 0 saturated carbocycles. The lowest BCUT2D eigenvalue weighted by atomic mass is 10.1. The van der Waals surface area contributed by atoms with Crippen LogP contribution in [0.15, 0.2) is 60.7 Å². The van der Waals surface area contributed by atoms with Crippen molar-refractivity contribution in [1.29, 1.82) is 0 Å². The predicted molar refractivity (Wildman–Crippen MR) is 98.0 cm³/mol. The molecule has 2 aromatic rings. The monoisotopic (exact) mass is 370 g/mol. The van der Waals surface area contributed by atoms with E-state index >= 15 is 0 Å². The molecule has 0 radical (unpaired) electrons. The molecule has 0 spiro atoms.